The van der Waals surface area contributed by atoms with Crippen molar-refractivity contribution in [1.29, 1.82) is 0 Å². The number of benzene rings is 1. The van der Waals surface area contributed by atoms with Crippen LogP contribution in [-0.4, -0.2) is 30.7 Å². The first-order valence-corrected chi connectivity index (χ1v) is 7.32. The minimum Gasteiger partial charge on any atom is -0.493 e. The molecule has 0 saturated heterocycles. The van der Waals surface area contributed by atoms with Gasteiger partial charge in [0.05, 0.1) is 6.61 Å². The average molecular weight is 251 g/mol. The maximum Gasteiger partial charge on any atom is 0.122 e. The van der Waals surface area contributed by atoms with Crippen molar-refractivity contribution in [3.8, 4) is 5.75 Å². The molecule has 1 unspecified atom stereocenters. The molecule has 0 bridgehead atoms. The van der Waals surface area contributed by atoms with E-state index >= 15 is 0 Å². The van der Waals surface area contributed by atoms with Gasteiger partial charge in [0, 0.05) is 29.3 Å². The maximum atomic E-state index is 5.67. The Morgan fingerprint density at radius 2 is 2.18 bits per heavy atom. The van der Waals surface area contributed by atoms with Crippen LogP contribution >= 0.6 is 11.8 Å². The molecule has 0 radical (unpaired) electrons. The number of hydrogen-bond donors (Lipinski definition) is 1. The molecule has 1 atom stereocenters. The zero-order valence-corrected chi connectivity index (χ0v) is 11.6. The Labute approximate surface area is 108 Å². The first kappa shape index (κ1) is 12.8. The van der Waals surface area contributed by atoms with Gasteiger partial charge in [0.15, 0.2) is 0 Å². The highest BCUT2D eigenvalue weighted by Crippen LogP contribution is 2.33. The Bertz CT molecular complexity index is 378. The van der Waals surface area contributed by atoms with Crippen molar-refractivity contribution >= 4 is 11.8 Å². The SMILES string of the molecule is CSC(C)(C)CNCC1COc2ccccc21. The fourth-order valence-corrected chi connectivity index (χ4v) is 2.26. The molecular formula is C14H21NOS. The maximum absolute atomic E-state index is 5.67. The van der Waals surface area contributed by atoms with Gasteiger partial charge in [-0.15, -0.1) is 0 Å². The fraction of sp³-hybridized carbons (Fsp3) is 0.571. The average Bonchev–Trinajstić information content (AvgIpc) is 2.73. The van der Waals surface area contributed by atoms with Gasteiger partial charge in [-0.25, -0.2) is 0 Å². The van der Waals surface area contributed by atoms with Crippen molar-refractivity contribution in [2.24, 2.45) is 0 Å². The van der Waals surface area contributed by atoms with Crippen LogP contribution in [0.5, 0.6) is 5.75 Å². The van der Waals surface area contributed by atoms with E-state index in [1.165, 1.54) is 5.56 Å². The molecule has 17 heavy (non-hydrogen) atoms. The standard InChI is InChI=1S/C14H21NOS/c1-14(2,17-3)10-15-8-11-9-16-13-7-5-4-6-12(11)13/h4-7,11,15H,8-10H2,1-3H3. The Balaban J connectivity index is 1.86. The van der Waals surface area contributed by atoms with E-state index in [1.807, 2.05) is 17.8 Å². The van der Waals surface area contributed by atoms with Crippen molar-refractivity contribution in [3.05, 3.63) is 29.8 Å². The van der Waals surface area contributed by atoms with Crippen molar-refractivity contribution in [2.75, 3.05) is 26.0 Å². The molecule has 0 fully saturated rings. The third kappa shape index (κ3) is 3.17. The third-order valence-corrected chi connectivity index (χ3v) is 4.54. The molecule has 1 N–H and O–H groups in total. The molecule has 0 aliphatic carbocycles. The van der Waals surface area contributed by atoms with E-state index in [-0.39, 0.29) is 0 Å². The molecule has 94 valence electrons. The second-order valence-corrected chi connectivity index (χ2v) is 6.65. The minimum atomic E-state index is 0.305. The summed E-state index contributed by atoms with van der Waals surface area (Å²) in [5.41, 5.74) is 1.35. The number of thioether (sulfide) groups is 1. The summed E-state index contributed by atoms with van der Waals surface area (Å²) in [5.74, 6) is 1.56. The molecule has 1 aromatic carbocycles. The lowest BCUT2D eigenvalue weighted by Gasteiger charge is -2.23. The lowest BCUT2D eigenvalue weighted by molar-refractivity contribution is 0.325. The van der Waals surface area contributed by atoms with Crippen molar-refractivity contribution in [2.45, 2.75) is 24.5 Å². The van der Waals surface area contributed by atoms with Gasteiger partial charge in [0.25, 0.3) is 0 Å². The van der Waals surface area contributed by atoms with Crippen molar-refractivity contribution < 1.29 is 4.74 Å². The second kappa shape index (κ2) is 5.32. The summed E-state index contributed by atoms with van der Waals surface area (Å²) in [6.07, 6.45) is 2.16. The van der Waals surface area contributed by atoms with E-state index in [0.717, 1.165) is 25.4 Å². The minimum absolute atomic E-state index is 0.305. The van der Waals surface area contributed by atoms with Gasteiger partial charge in [-0.3, -0.25) is 0 Å². The lowest BCUT2D eigenvalue weighted by atomic mass is 10.0. The van der Waals surface area contributed by atoms with E-state index < -0.39 is 0 Å². The highest BCUT2D eigenvalue weighted by Gasteiger charge is 2.24. The van der Waals surface area contributed by atoms with Gasteiger partial charge in [0.1, 0.15) is 5.75 Å². The topological polar surface area (TPSA) is 21.3 Å². The molecule has 1 aliphatic rings. The quantitative estimate of drug-likeness (QED) is 0.869. The molecule has 0 saturated carbocycles. The summed E-state index contributed by atoms with van der Waals surface area (Å²) in [7, 11) is 0. The summed E-state index contributed by atoms with van der Waals surface area (Å²) in [6, 6.07) is 8.35. The van der Waals surface area contributed by atoms with E-state index in [1.54, 1.807) is 0 Å². The molecule has 2 rings (SSSR count). The number of fused-ring (bicyclic) bond motifs is 1. The van der Waals surface area contributed by atoms with Crippen molar-refractivity contribution in [3.63, 3.8) is 0 Å². The summed E-state index contributed by atoms with van der Waals surface area (Å²) < 4.78 is 5.98. The van der Waals surface area contributed by atoms with E-state index in [0.29, 0.717) is 10.7 Å². The van der Waals surface area contributed by atoms with E-state index in [4.69, 9.17) is 4.74 Å². The zero-order valence-electron chi connectivity index (χ0n) is 10.8. The molecular weight excluding hydrogens is 230 g/mol. The monoisotopic (exact) mass is 251 g/mol. The third-order valence-electron chi connectivity index (χ3n) is 3.29. The van der Waals surface area contributed by atoms with Crippen LogP contribution in [0.15, 0.2) is 24.3 Å². The van der Waals surface area contributed by atoms with Crippen LogP contribution in [0.1, 0.15) is 25.3 Å². The van der Waals surface area contributed by atoms with Gasteiger partial charge < -0.3 is 10.1 Å². The first-order chi connectivity index (χ1) is 8.12. The first-order valence-electron chi connectivity index (χ1n) is 6.10. The number of para-hydroxylation sites is 1. The largest absolute Gasteiger partial charge is 0.493 e. The van der Waals surface area contributed by atoms with Gasteiger partial charge in [-0.1, -0.05) is 18.2 Å². The van der Waals surface area contributed by atoms with Crippen LogP contribution in [0, 0.1) is 0 Å². The van der Waals surface area contributed by atoms with Gasteiger partial charge >= 0.3 is 0 Å². The molecule has 0 amide bonds. The number of ether oxygens (including phenoxy) is 1. The van der Waals surface area contributed by atoms with E-state index in [9.17, 15) is 0 Å². The van der Waals surface area contributed by atoms with Crippen LogP contribution < -0.4 is 10.1 Å². The van der Waals surface area contributed by atoms with Gasteiger partial charge in [-0.05, 0) is 26.2 Å². The highest BCUT2D eigenvalue weighted by molar-refractivity contribution is 7.99. The number of hydrogen-bond acceptors (Lipinski definition) is 3. The Morgan fingerprint density at radius 3 is 2.94 bits per heavy atom. The summed E-state index contributed by atoms with van der Waals surface area (Å²) in [6.45, 7) is 7.38. The fourth-order valence-electron chi connectivity index (χ4n) is 2.02. The zero-order chi connectivity index (χ0) is 12.3. The summed E-state index contributed by atoms with van der Waals surface area (Å²) >= 11 is 1.90. The normalized spacial score (nSPS) is 18.9. The van der Waals surface area contributed by atoms with Gasteiger partial charge in [0.2, 0.25) is 0 Å². The molecule has 0 aromatic heterocycles. The van der Waals surface area contributed by atoms with Crippen LogP contribution in [0.2, 0.25) is 0 Å². The Morgan fingerprint density at radius 1 is 1.41 bits per heavy atom. The van der Waals surface area contributed by atoms with Crippen LogP contribution in [-0.2, 0) is 0 Å². The van der Waals surface area contributed by atoms with Crippen molar-refractivity contribution in [1.82, 2.24) is 5.32 Å². The number of nitrogens with one attached hydrogen (secondary N) is 1. The van der Waals surface area contributed by atoms with Crippen LogP contribution in [0.3, 0.4) is 0 Å². The smallest absolute Gasteiger partial charge is 0.122 e. The molecule has 0 spiro atoms. The van der Waals surface area contributed by atoms with E-state index in [2.05, 4.69) is 43.6 Å². The molecule has 1 aromatic rings. The Hall–Kier alpha value is -0.670. The lowest BCUT2D eigenvalue weighted by Crippen LogP contribution is -2.34. The molecule has 3 heteroatoms. The molecule has 1 aliphatic heterocycles. The molecule has 1 heterocycles. The Kier molecular flexibility index (Phi) is 4.00. The van der Waals surface area contributed by atoms with Crippen LogP contribution in [0.25, 0.3) is 0 Å². The highest BCUT2D eigenvalue weighted by atomic mass is 32.2. The second-order valence-electron chi connectivity index (χ2n) is 5.14. The predicted molar refractivity (Wildman–Crippen MR) is 75.1 cm³/mol. The van der Waals surface area contributed by atoms with Crippen LogP contribution in [0.4, 0.5) is 0 Å². The van der Waals surface area contributed by atoms with Gasteiger partial charge in [-0.2, -0.15) is 11.8 Å². The summed E-state index contributed by atoms with van der Waals surface area (Å²) in [5, 5.41) is 3.56. The molecule has 2 nitrogen and oxygen atoms in total. The number of rotatable bonds is 5. The summed E-state index contributed by atoms with van der Waals surface area (Å²) in [4.78, 5) is 0. The predicted octanol–water partition coefficient (Wildman–Crippen LogP) is 2.89.